The van der Waals surface area contributed by atoms with Gasteiger partial charge in [0.2, 0.25) is 0 Å². The van der Waals surface area contributed by atoms with Gasteiger partial charge < -0.3 is 0 Å². The molecule has 3 N–H and O–H groups in total. The Hall–Kier alpha value is -1.41. The van der Waals surface area contributed by atoms with Crippen molar-refractivity contribution in [2.45, 2.75) is 18.9 Å². The van der Waals surface area contributed by atoms with Crippen LogP contribution >= 0.6 is 11.3 Å². The van der Waals surface area contributed by atoms with Gasteiger partial charge in [-0.2, -0.15) is 0 Å². The van der Waals surface area contributed by atoms with Crippen LogP contribution in [-0.2, 0) is 0 Å². The summed E-state index contributed by atoms with van der Waals surface area (Å²) < 4.78 is 14.0. The zero-order valence-corrected chi connectivity index (χ0v) is 10.1. The summed E-state index contributed by atoms with van der Waals surface area (Å²) in [5.41, 5.74) is 2.75. The molecule has 0 aliphatic heterocycles. The Morgan fingerprint density at radius 2 is 2.29 bits per heavy atom. The van der Waals surface area contributed by atoms with Gasteiger partial charge in [-0.15, -0.1) is 23.7 Å². The van der Waals surface area contributed by atoms with Crippen molar-refractivity contribution in [1.82, 2.24) is 5.43 Å². The first kappa shape index (κ1) is 12.1. The lowest BCUT2D eigenvalue weighted by molar-refractivity contribution is 0.532. The Kier molecular flexibility index (Phi) is 3.75. The predicted octanol–water partition coefficient (Wildman–Crippen LogP) is 2.96. The maximum absolute atomic E-state index is 13.1. The fourth-order valence-corrected chi connectivity index (χ4v) is 2.92. The van der Waals surface area contributed by atoms with Crippen molar-refractivity contribution in [3.63, 3.8) is 0 Å². The van der Waals surface area contributed by atoms with E-state index in [0.29, 0.717) is 6.42 Å². The van der Waals surface area contributed by atoms with Gasteiger partial charge in [-0.3, -0.25) is 11.3 Å². The number of nitrogens with two attached hydrogens (primary N) is 1. The summed E-state index contributed by atoms with van der Waals surface area (Å²) in [4.78, 5) is 1.09. The molecular formula is C13H13FN2S. The topological polar surface area (TPSA) is 38.0 Å². The molecule has 0 saturated heterocycles. The zero-order valence-electron chi connectivity index (χ0n) is 9.24. The van der Waals surface area contributed by atoms with Gasteiger partial charge in [0.1, 0.15) is 5.82 Å². The highest BCUT2D eigenvalue weighted by Crippen LogP contribution is 2.31. The molecule has 1 aromatic heterocycles. The molecule has 2 rings (SSSR count). The lowest BCUT2D eigenvalue weighted by atomic mass is 10.1. The Morgan fingerprint density at radius 3 is 3.00 bits per heavy atom. The maximum atomic E-state index is 13.1. The number of thiophene rings is 1. The fourth-order valence-electron chi connectivity index (χ4n) is 1.73. The van der Waals surface area contributed by atoms with Gasteiger partial charge in [0.25, 0.3) is 0 Å². The van der Waals surface area contributed by atoms with Crippen LogP contribution in [0.25, 0.3) is 10.1 Å². The summed E-state index contributed by atoms with van der Waals surface area (Å²) in [5, 5.41) is 1.03. The van der Waals surface area contributed by atoms with E-state index in [4.69, 9.17) is 12.3 Å². The maximum Gasteiger partial charge on any atom is 0.124 e. The molecule has 1 heterocycles. The molecule has 0 amide bonds. The predicted molar refractivity (Wildman–Crippen MR) is 69.9 cm³/mol. The summed E-state index contributed by atoms with van der Waals surface area (Å²) in [6.07, 6.45) is 6.68. The summed E-state index contributed by atoms with van der Waals surface area (Å²) in [7, 11) is 0. The average Bonchev–Trinajstić information content (AvgIpc) is 2.72. The van der Waals surface area contributed by atoms with Crippen molar-refractivity contribution in [1.29, 1.82) is 0 Å². The van der Waals surface area contributed by atoms with Gasteiger partial charge in [0.15, 0.2) is 0 Å². The van der Waals surface area contributed by atoms with E-state index in [-0.39, 0.29) is 11.9 Å². The SMILES string of the molecule is C#CCCC(NN)c1cc2ccc(F)cc2s1. The van der Waals surface area contributed by atoms with Gasteiger partial charge in [-0.05, 0) is 30.0 Å². The molecule has 0 bridgehead atoms. The number of hydrogen-bond donors (Lipinski definition) is 2. The highest BCUT2D eigenvalue weighted by molar-refractivity contribution is 7.19. The molecule has 2 aromatic rings. The van der Waals surface area contributed by atoms with Gasteiger partial charge in [0, 0.05) is 16.0 Å². The first-order valence-electron chi connectivity index (χ1n) is 5.33. The van der Waals surface area contributed by atoms with E-state index in [1.807, 2.05) is 6.07 Å². The molecule has 0 aliphatic carbocycles. The van der Waals surface area contributed by atoms with Crippen LogP contribution in [0.15, 0.2) is 24.3 Å². The molecule has 0 aliphatic rings. The summed E-state index contributed by atoms with van der Waals surface area (Å²) in [6.45, 7) is 0. The Bertz CT molecular complexity index is 556. The number of hydrogen-bond acceptors (Lipinski definition) is 3. The summed E-state index contributed by atoms with van der Waals surface area (Å²) in [6, 6.07) is 6.84. The van der Waals surface area contributed by atoms with E-state index in [2.05, 4.69) is 11.3 Å². The molecule has 0 fully saturated rings. The number of terminal acetylenes is 1. The Labute approximate surface area is 104 Å². The molecule has 17 heavy (non-hydrogen) atoms. The van der Waals surface area contributed by atoms with E-state index in [0.717, 1.165) is 21.4 Å². The van der Waals surface area contributed by atoms with E-state index < -0.39 is 0 Å². The first-order chi connectivity index (χ1) is 8.24. The van der Waals surface area contributed by atoms with E-state index in [9.17, 15) is 4.39 Å². The third-order valence-electron chi connectivity index (χ3n) is 2.62. The minimum absolute atomic E-state index is 0.0338. The van der Waals surface area contributed by atoms with Crippen molar-refractivity contribution >= 4 is 21.4 Å². The molecule has 4 heteroatoms. The van der Waals surface area contributed by atoms with Crippen LogP contribution in [0.1, 0.15) is 23.8 Å². The van der Waals surface area contributed by atoms with Crippen LogP contribution in [-0.4, -0.2) is 0 Å². The van der Waals surface area contributed by atoms with E-state index >= 15 is 0 Å². The molecule has 0 radical (unpaired) electrons. The quantitative estimate of drug-likeness (QED) is 0.496. The van der Waals surface area contributed by atoms with E-state index in [1.54, 1.807) is 17.4 Å². The van der Waals surface area contributed by atoms with Crippen LogP contribution in [0.5, 0.6) is 0 Å². The van der Waals surface area contributed by atoms with E-state index in [1.165, 1.54) is 12.1 Å². The molecule has 1 unspecified atom stereocenters. The van der Waals surface area contributed by atoms with Crippen molar-refractivity contribution < 1.29 is 4.39 Å². The molecule has 1 aromatic carbocycles. The number of rotatable bonds is 4. The Morgan fingerprint density at radius 1 is 1.47 bits per heavy atom. The van der Waals surface area contributed by atoms with Crippen molar-refractivity contribution in [3.8, 4) is 12.3 Å². The van der Waals surface area contributed by atoms with Crippen LogP contribution in [0.3, 0.4) is 0 Å². The second-order valence-electron chi connectivity index (χ2n) is 3.79. The van der Waals surface area contributed by atoms with Gasteiger partial charge >= 0.3 is 0 Å². The van der Waals surface area contributed by atoms with Crippen molar-refractivity contribution in [2.24, 2.45) is 5.84 Å². The molecule has 1 atom stereocenters. The number of fused-ring (bicyclic) bond motifs is 1. The van der Waals surface area contributed by atoms with Gasteiger partial charge in [0.05, 0.1) is 6.04 Å². The second-order valence-corrected chi connectivity index (χ2v) is 4.91. The second kappa shape index (κ2) is 5.28. The highest BCUT2D eigenvalue weighted by atomic mass is 32.1. The highest BCUT2D eigenvalue weighted by Gasteiger charge is 2.12. The summed E-state index contributed by atoms with van der Waals surface area (Å²) in [5.74, 6) is 7.89. The molecule has 2 nitrogen and oxygen atoms in total. The standard InChI is InChI=1S/C13H13FN2S/c1-2-3-4-11(16-15)13-7-9-5-6-10(14)8-12(9)17-13/h1,5-8,11,16H,3-4,15H2. The lowest BCUT2D eigenvalue weighted by Crippen LogP contribution is -2.27. The number of benzene rings is 1. The largest absolute Gasteiger partial charge is 0.271 e. The molecule has 0 spiro atoms. The fraction of sp³-hybridized carbons (Fsp3) is 0.231. The van der Waals surface area contributed by atoms with Crippen LogP contribution < -0.4 is 11.3 Å². The smallest absolute Gasteiger partial charge is 0.124 e. The minimum Gasteiger partial charge on any atom is -0.271 e. The summed E-state index contributed by atoms with van der Waals surface area (Å²) >= 11 is 1.54. The Balaban J connectivity index is 2.31. The number of nitrogens with one attached hydrogen (secondary N) is 1. The van der Waals surface area contributed by atoms with Crippen molar-refractivity contribution in [2.75, 3.05) is 0 Å². The first-order valence-corrected chi connectivity index (χ1v) is 6.15. The van der Waals surface area contributed by atoms with Crippen LogP contribution in [0.2, 0.25) is 0 Å². The van der Waals surface area contributed by atoms with Crippen LogP contribution in [0, 0.1) is 18.2 Å². The molecular weight excluding hydrogens is 235 g/mol. The molecule has 0 saturated carbocycles. The number of halogens is 1. The average molecular weight is 248 g/mol. The minimum atomic E-state index is -0.216. The monoisotopic (exact) mass is 248 g/mol. The lowest BCUT2D eigenvalue weighted by Gasteiger charge is -2.11. The third kappa shape index (κ3) is 2.64. The van der Waals surface area contributed by atoms with Crippen LogP contribution in [0.4, 0.5) is 4.39 Å². The third-order valence-corrected chi connectivity index (χ3v) is 3.83. The van der Waals surface area contributed by atoms with Crippen molar-refractivity contribution in [3.05, 3.63) is 35.0 Å². The molecule has 88 valence electrons. The van der Waals surface area contributed by atoms with Gasteiger partial charge in [-0.1, -0.05) is 6.07 Å². The van der Waals surface area contributed by atoms with Gasteiger partial charge in [-0.25, -0.2) is 4.39 Å². The number of hydrazine groups is 1. The zero-order chi connectivity index (χ0) is 12.3. The normalized spacial score (nSPS) is 12.5.